The smallest absolute Gasteiger partial charge is 0.243 e. The topological polar surface area (TPSA) is 86.8 Å². The predicted molar refractivity (Wildman–Crippen MR) is 139 cm³/mol. The van der Waals surface area contributed by atoms with Crippen molar-refractivity contribution < 1.29 is 18.0 Å². The van der Waals surface area contributed by atoms with Crippen LogP contribution >= 0.6 is 0 Å². The molecule has 1 N–H and O–H groups in total. The van der Waals surface area contributed by atoms with Crippen molar-refractivity contribution in [1.82, 2.24) is 14.5 Å². The lowest BCUT2D eigenvalue weighted by atomic mass is 10.0. The zero-order valence-corrected chi connectivity index (χ0v) is 22.6. The van der Waals surface area contributed by atoms with Crippen LogP contribution in [0.4, 0.5) is 0 Å². The molecule has 0 unspecified atom stereocenters. The highest BCUT2D eigenvalue weighted by Gasteiger charge is 2.31. The van der Waals surface area contributed by atoms with Gasteiger partial charge in [0.15, 0.2) is 0 Å². The summed E-state index contributed by atoms with van der Waals surface area (Å²) >= 11 is 0. The molecule has 8 heteroatoms. The van der Waals surface area contributed by atoms with Crippen molar-refractivity contribution in [3.63, 3.8) is 0 Å². The van der Waals surface area contributed by atoms with Gasteiger partial charge in [-0.1, -0.05) is 49.4 Å². The Morgan fingerprint density at radius 1 is 1.00 bits per heavy atom. The summed E-state index contributed by atoms with van der Waals surface area (Å²) in [6.07, 6.45) is 0.963. The SMILES string of the molecule is CC[C@H](C(=O)NC(C)(C)C)N(Cc1ccccc1C)C(=O)CCCN(C)S(=O)(=O)c1ccccc1. The molecule has 0 radical (unpaired) electrons. The van der Waals surface area contributed by atoms with Gasteiger partial charge in [0, 0.05) is 32.1 Å². The Morgan fingerprint density at radius 3 is 2.17 bits per heavy atom. The third kappa shape index (κ3) is 8.18. The van der Waals surface area contributed by atoms with Crippen LogP contribution in [-0.2, 0) is 26.2 Å². The number of hydrogen-bond acceptors (Lipinski definition) is 4. The van der Waals surface area contributed by atoms with E-state index in [0.29, 0.717) is 19.4 Å². The molecule has 2 aromatic carbocycles. The Bertz CT molecular complexity index is 1090. The standard InChI is InChI=1S/C27H39N3O4S/c1-7-24(26(32)28-27(3,4)5)30(20-22-15-12-11-14-21(22)2)25(31)18-13-19-29(6)35(33,34)23-16-9-8-10-17-23/h8-12,14-17,24H,7,13,18-20H2,1-6H3,(H,28,32)/t24-/m1/s1. The minimum absolute atomic E-state index is 0.139. The van der Waals surface area contributed by atoms with Gasteiger partial charge in [-0.05, 0) is 63.8 Å². The van der Waals surface area contributed by atoms with Crippen molar-refractivity contribution in [2.24, 2.45) is 0 Å². The first-order valence-corrected chi connectivity index (χ1v) is 13.5. The monoisotopic (exact) mass is 501 g/mol. The maximum absolute atomic E-state index is 13.4. The summed E-state index contributed by atoms with van der Waals surface area (Å²) in [6, 6.07) is 15.4. The number of hydrogen-bond donors (Lipinski definition) is 1. The first-order chi connectivity index (χ1) is 16.4. The lowest BCUT2D eigenvalue weighted by molar-refractivity contribution is -0.142. The van der Waals surface area contributed by atoms with E-state index in [4.69, 9.17) is 0 Å². The van der Waals surface area contributed by atoms with Crippen LogP contribution in [0.3, 0.4) is 0 Å². The van der Waals surface area contributed by atoms with Crippen molar-refractivity contribution >= 4 is 21.8 Å². The fraction of sp³-hybridized carbons (Fsp3) is 0.481. The number of benzene rings is 2. The molecular formula is C27H39N3O4S. The summed E-state index contributed by atoms with van der Waals surface area (Å²) in [5.41, 5.74) is 1.60. The highest BCUT2D eigenvalue weighted by molar-refractivity contribution is 7.89. The fourth-order valence-corrected chi connectivity index (χ4v) is 5.06. The van der Waals surface area contributed by atoms with Crippen LogP contribution in [0.1, 0.15) is 58.1 Å². The molecule has 1 atom stereocenters. The lowest BCUT2D eigenvalue weighted by Crippen LogP contribution is -2.53. The average Bonchev–Trinajstić information content (AvgIpc) is 2.79. The minimum Gasteiger partial charge on any atom is -0.350 e. The van der Waals surface area contributed by atoms with Crippen molar-refractivity contribution in [2.75, 3.05) is 13.6 Å². The molecule has 0 aromatic heterocycles. The summed E-state index contributed by atoms with van der Waals surface area (Å²) in [6.45, 7) is 10.1. The van der Waals surface area contributed by atoms with Gasteiger partial charge in [0.2, 0.25) is 21.8 Å². The number of nitrogens with one attached hydrogen (secondary N) is 1. The van der Waals surface area contributed by atoms with E-state index < -0.39 is 21.6 Å². The summed E-state index contributed by atoms with van der Waals surface area (Å²) in [4.78, 5) is 28.4. The zero-order chi connectivity index (χ0) is 26.2. The Balaban J connectivity index is 2.17. The second kappa shape index (κ2) is 12.3. The third-order valence-corrected chi connectivity index (χ3v) is 7.67. The van der Waals surface area contributed by atoms with Gasteiger partial charge in [-0.3, -0.25) is 9.59 Å². The van der Waals surface area contributed by atoms with E-state index in [9.17, 15) is 18.0 Å². The zero-order valence-electron chi connectivity index (χ0n) is 21.7. The number of sulfonamides is 1. The highest BCUT2D eigenvalue weighted by Crippen LogP contribution is 2.19. The lowest BCUT2D eigenvalue weighted by Gasteiger charge is -2.33. The van der Waals surface area contributed by atoms with Crippen LogP contribution in [0.15, 0.2) is 59.5 Å². The molecule has 0 bridgehead atoms. The first kappa shape index (κ1) is 28.5. The van der Waals surface area contributed by atoms with Crippen molar-refractivity contribution in [3.8, 4) is 0 Å². The van der Waals surface area contributed by atoms with E-state index in [1.165, 1.54) is 11.4 Å². The molecule has 0 saturated carbocycles. The number of carbonyl (C=O) groups is 2. The second-order valence-electron chi connectivity index (χ2n) is 9.85. The highest BCUT2D eigenvalue weighted by atomic mass is 32.2. The normalized spacial score (nSPS) is 12.9. The maximum Gasteiger partial charge on any atom is 0.243 e. The molecule has 2 aromatic rings. The molecule has 0 heterocycles. The van der Waals surface area contributed by atoms with Gasteiger partial charge in [-0.2, -0.15) is 0 Å². The van der Waals surface area contributed by atoms with Crippen LogP contribution in [0, 0.1) is 6.92 Å². The number of aryl methyl sites for hydroxylation is 1. The molecule has 0 aliphatic heterocycles. The predicted octanol–water partition coefficient (Wildman–Crippen LogP) is 4.12. The summed E-state index contributed by atoms with van der Waals surface area (Å²) in [7, 11) is -2.10. The molecule has 192 valence electrons. The fourth-order valence-electron chi connectivity index (χ4n) is 3.83. The van der Waals surface area contributed by atoms with Crippen LogP contribution in [-0.4, -0.2) is 54.6 Å². The molecule has 2 rings (SSSR count). The van der Waals surface area contributed by atoms with E-state index >= 15 is 0 Å². The van der Waals surface area contributed by atoms with Gasteiger partial charge in [0.05, 0.1) is 4.90 Å². The van der Waals surface area contributed by atoms with E-state index in [1.807, 2.05) is 58.9 Å². The Labute approximate surface area is 210 Å². The maximum atomic E-state index is 13.4. The molecule has 0 spiro atoms. The quantitative estimate of drug-likeness (QED) is 0.502. The number of nitrogens with zero attached hydrogens (tertiary/aromatic N) is 2. The third-order valence-electron chi connectivity index (χ3n) is 5.80. The second-order valence-corrected chi connectivity index (χ2v) is 11.9. The van der Waals surface area contributed by atoms with Crippen LogP contribution in [0.5, 0.6) is 0 Å². The van der Waals surface area contributed by atoms with Crippen molar-refractivity contribution in [1.29, 1.82) is 0 Å². The van der Waals surface area contributed by atoms with Gasteiger partial charge >= 0.3 is 0 Å². The largest absolute Gasteiger partial charge is 0.350 e. The van der Waals surface area contributed by atoms with E-state index in [1.54, 1.807) is 35.2 Å². The van der Waals surface area contributed by atoms with Gasteiger partial charge in [0.25, 0.3) is 0 Å². The van der Waals surface area contributed by atoms with Crippen molar-refractivity contribution in [3.05, 3.63) is 65.7 Å². The number of carbonyl (C=O) groups excluding carboxylic acids is 2. The van der Waals surface area contributed by atoms with Gasteiger partial charge < -0.3 is 10.2 Å². The summed E-state index contributed by atoms with van der Waals surface area (Å²) in [5.74, 6) is -0.361. The van der Waals surface area contributed by atoms with Gasteiger partial charge in [-0.15, -0.1) is 0 Å². The van der Waals surface area contributed by atoms with E-state index in [0.717, 1.165) is 11.1 Å². The first-order valence-electron chi connectivity index (χ1n) is 12.0. The molecule has 7 nitrogen and oxygen atoms in total. The van der Waals surface area contributed by atoms with Crippen LogP contribution in [0.25, 0.3) is 0 Å². The van der Waals surface area contributed by atoms with Crippen LogP contribution < -0.4 is 5.32 Å². The Morgan fingerprint density at radius 2 is 1.60 bits per heavy atom. The molecule has 2 amide bonds. The molecule has 35 heavy (non-hydrogen) atoms. The molecular weight excluding hydrogens is 462 g/mol. The molecule has 0 saturated heterocycles. The van der Waals surface area contributed by atoms with Crippen molar-refractivity contribution in [2.45, 2.75) is 76.9 Å². The number of rotatable bonds is 11. The van der Waals surface area contributed by atoms with Gasteiger partial charge in [-0.25, -0.2) is 12.7 Å². The summed E-state index contributed by atoms with van der Waals surface area (Å²) in [5, 5.41) is 3.00. The summed E-state index contributed by atoms with van der Waals surface area (Å²) < 4.78 is 26.8. The van der Waals surface area contributed by atoms with Crippen LogP contribution in [0.2, 0.25) is 0 Å². The molecule has 0 aliphatic carbocycles. The Kier molecular flexibility index (Phi) is 10.0. The number of amides is 2. The average molecular weight is 502 g/mol. The minimum atomic E-state index is -3.62. The van der Waals surface area contributed by atoms with E-state index in [2.05, 4.69) is 5.32 Å². The van der Waals surface area contributed by atoms with E-state index in [-0.39, 0.29) is 29.7 Å². The van der Waals surface area contributed by atoms with Gasteiger partial charge in [0.1, 0.15) is 6.04 Å². The Hall–Kier alpha value is -2.71. The molecule has 0 aliphatic rings. The molecule has 0 fully saturated rings.